The van der Waals surface area contributed by atoms with Gasteiger partial charge in [-0.15, -0.1) is 0 Å². The Kier molecular flexibility index (Phi) is 7.35. The Morgan fingerprint density at radius 1 is 1.00 bits per heavy atom. The summed E-state index contributed by atoms with van der Waals surface area (Å²) in [4.78, 5) is 18.5. The maximum Gasteiger partial charge on any atom is 0.300 e. The maximum absolute atomic E-state index is 15.6. The number of nitrogens with two attached hydrogens (primary N) is 1. The van der Waals surface area contributed by atoms with Crippen LogP contribution in [0.1, 0.15) is 42.9 Å². The first kappa shape index (κ1) is 28.2. The molecule has 5 aromatic rings. The molecular formula is C32H36BrFN8O. The highest BCUT2D eigenvalue weighted by Crippen LogP contribution is 2.45. The van der Waals surface area contributed by atoms with Gasteiger partial charge in [-0.2, -0.15) is 4.98 Å². The number of piperazine rings is 1. The molecule has 9 nitrogen and oxygen atoms in total. The van der Waals surface area contributed by atoms with E-state index in [0.29, 0.717) is 23.0 Å². The third kappa shape index (κ3) is 5.17. The van der Waals surface area contributed by atoms with Crippen LogP contribution in [0.2, 0.25) is 0 Å². The summed E-state index contributed by atoms with van der Waals surface area (Å²) in [5.74, 6) is -0.0473. The zero-order valence-electron chi connectivity index (χ0n) is 24.7. The third-order valence-corrected chi connectivity index (χ3v) is 9.94. The molecule has 2 aliphatic rings. The van der Waals surface area contributed by atoms with Gasteiger partial charge in [-0.25, -0.2) is 14.4 Å². The number of hydrogen-bond acceptors (Lipinski definition) is 8. The molecule has 43 heavy (non-hydrogen) atoms. The predicted octanol–water partition coefficient (Wildman–Crippen LogP) is 6.81. The molecule has 7 rings (SSSR count). The fraction of sp³-hybridized carbons (Fsp3) is 0.406. The minimum atomic E-state index is -0.427. The number of fused-ring (bicyclic) bond motifs is 2. The molecule has 1 saturated carbocycles. The van der Waals surface area contributed by atoms with Crippen molar-refractivity contribution in [1.82, 2.24) is 29.3 Å². The molecule has 0 radical (unpaired) electrons. The summed E-state index contributed by atoms with van der Waals surface area (Å²) in [6, 6.07) is 10.2. The average molecular weight is 648 g/mol. The Bertz CT molecular complexity index is 1820. The Balaban J connectivity index is 1.18. The van der Waals surface area contributed by atoms with Crippen LogP contribution in [0, 0.1) is 19.7 Å². The summed E-state index contributed by atoms with van der Waals surface area (Å²) in [7, 11) is 2.20. The van der Waals surface area contributed by atoms with Gasteiger partial charge < -0.3 is 24.9 Å². The van der Waals surface area contributed by atoms with E-state index in [1.165, 1.54) is 12.4 Å². The molecule has 0 unspecified atom stereocenters. The van der Waals surface area contributed by atoms with Gasteiger partial charge >= 0.3 is 0 Å². The Morgan fingerprint density at radius 2 is 1.74 bits per heavy atom. The second kappa shape index (κ2) is 11.2. The van der Waals surface area contributed by atoms with Crippen molar-refractivity contribution in [2.45, 2.75) is 51.6 Å². The second-order valence-electron chi connectivity index (χ2n) is 12.1. The van der Waals surface area contributed by atoms with Crippen LogP contribution in [0.25, 0.3) is 33.3 Å². The molecule has 1 aliphatic carbocycles. The smallest absolute Gasteiger partial charge is 0.300 e. The van der Waals surface area contributed by atoms with Crippen LogP contribution in [0.5, 0.6) is 0 Å². The molecule has 1 saturated heterocycles. The molecule has 0 atom stereocenters. The first-order valence-electron chi connectivity index (χ1n) is 14.9. The lowest BCUT2D eigenvalue weighted by atomic mass is 9.89. The van der Waals surface area contributed by atoms with Crippen LogP contribution in [0.4, 0.5) is 21.9 Å². The lowest BCUT2D eigenvalue weighted by molar-refractivity contribution is 0.0826. The molecule has 0 amide bonds. The highest BCUT2D eigenvalue weighted by atomic mass is 79.9. The van der Waals surface area contributed by atoms with Crippen molar-refractivity contribution >= 4 is 55.6 Å². The van der Waals surface area contributed by atoms with Gasteiger partial charge in [-0.1, -0.05) is 12.1 Å². The van der Waals surface area contributed by atoms with E-state index in [4.69, 9.17) is 10.2 Å². The zero-order chi connectivity index (χ0) is 29.8. The largest absolute Gasteiger partial charge is 0.423 e. The molecule has 3 aromatic heterocycles. The fourth-order valence-electron chi connectivity index (χ4n) is 6.91. The van der Waals surface area contributed by atoms with Crippen molar-refractivity contribution < 1.29 is 8.81 Å². The van der Waals surface area contributed by atoms with E-state index < -0.39 is 5.82 Å². The van der Waals surface area contributed by atoms with E-state index in [1.807, 2.05) is 32.0 Å². The summed E-state index contributed by atoms with van der Waals surface area (Å²) in [5, 5.41) is 3.75. The standard InChI is InChI=1S/C32H36BrFN8O/c1-18-14-19(2)28-25(15-18)39-32(43-28)38-24-9-4-20(16-23(24)34)26-27-30(35)36-17-37-31(27)42(29(26)33)22-7-5-21(6-8-22)41-12-10-40(3)11-13-41/h4,9,14-17,21-22H,5-8,10-13H2,1-3H3,(H,38,39)(H2,35,36,37)/t21-,22+. The molecule has 0 bridgehead atoms. The van der Waals surface area contributed by atoms with Gasteiger partial charge in [0.25, 0.3) is 6.01 Å². The topological polar surface area (TPSA) is 101 Å². The minimum absolute atomic E-state index is 0.248. The van der Waals surface area contributed by atoms with Crippen molar-refractivity contribution in [1.29, 1.82) is 0 Å². The number of likely N-dealkylation sites (N-methyl/N-ethyl adjacent to an activating group) is 1. The Labute approximate surface area is 258 Å². The maximum atomic E-state index is 15.6. The first-order valence-corrected chi connectivity index (χ1v) is 15.7. The second-order valence-corrected chi connectivity index (χ2v) is 12.8. The molecule has 3 N–H and O–H groups in total. The van der Waals surface area contributed by atoms with Crippen molar-refractivity contribution in [2.24, 2.45) is 0 Å². The summed E-state index contributed by atoms with van der Waals surface area (Å²) in [5.41, 5.74) is 12.5. The lowest BCUT2D eigenvalue weighted by Gasteiger charge is -2.41. The van der Waals surface area contributed by atoms with Crippen molar-refractivity contribution in [3.63, 3.8) is 0 Å². The number of aryl methyl sites for hydroxylation is 2. The number of hydrogen-bond donors (Lipinski definition) is 2. The van der Waals surface area contributed by atoms with E-state index in [0.717, 1.165) is 89.7 Å². The zero-order valence-corrected chi connectivity index (χ0v) is 26.3. The summed E-state index contributed by atoms with van der Waals surface area (Å²) >= 11 is 3.89. The molecule has 2 fully saturated rings. The number of nitrogen functional groups attached to an aromatic ring is 1. The fourth-order valence-corrected chi connectivity index (χ4v) is 7.80. The molecule has 2 aromatic carbocycles. The van der Waals surface area contributed by atoms with Gasteiger partial charge in [0.2, 0.25) is 0 Å². The number of rotatable bonds is 5. The summed E-state index contributed by atoms with van der Waals surface area (Å²) in [6.45, 7) is 8.52. The lowest BCUT2D eigenvalue weighted by Crippen LogP contribution is -2.49. The molecule has 1 aliphatic heterocycles. The van der Waals surface area contributed by atoms with E-state index in [9.17, 15) is 0 Å². The monoisotopic (exact) mass is 646 g/mol. The normalized spacial score (nSPS) is 20.3. The Hall–Kier alpha value is -3.54. The van der Waals surface area contributed by atoms with E-state index >= 15 is 4.39 Å². The number of nitrogens with zero attached hydrogens (tertiary/aromatic N) is 6. The van der Waals surface area contributed by atoms with E-state index in [2.05, 4.69) is 57.6 Å². The van der Waals surface area contributed by atoms with Gasteiger partial charge in [0, 0.05) is 43.8 Å². The molecule has 11 heteroatoms. The van der Waals surface area contributed by atoms with Crippen LogP contribution in [-0.2, 0) is 0 Å². The first-order chi connectivity index (χ1) is 20.8. The van der Waals surface area contributed by atoms with E-state index in [-0.39, 0.29) is 17.7 Å². The highest BCUT2D eigenvalue weighted by molar-refractivity contribution is 9.10. The van der Waals surface area contributed by atoms with Gasteiger partial charge in [-0.3, -0.25) is 4.90 Å². The summed E-state index contributed by atoms with van der Waals surface area (Å²) in [6.07, 6.45) is 5.88. The molecule has 4 heterocycles. The number of oxazole rings is 1. The van der Waals surface area contributed by atoms with Crippen LogP contribution >= 0.6 is 15.9 Å². The van der Waals surface area contributed by atoms with Crippen LogP contribution in [-0.4, -0.2) is 68.6 Å². The van der Waals surface area contributed by atoms with Gasteiger partial charge in [0.1, 0.15) is 29.1 Å². The predicted molar refractivity (Wildman–Crippen MR) is 172 cm³/mol. The van der Waals surface area contributed by atoms with Crippen molar-refractivity contribution in [3.8, 4) is 11.1 Å². The average Bonchev–Trinajstić information content (AvgIpc) is 3.53. The number of benzene rings is 2. The van der Waals surface area contributed by atoms with Crippen molar-refractivity contribution in [2.75, 3.05) is 44.3 Å². The van der Waals surface area contributed by atoms with Gasteiger partial charge in [-0.05, 0) is 97.4 Å². The summed E-state index contributed by atoms with van der Waals surface area (Å²) < 4.78 is 24.6. The van der Waals surface area contributed by atoms with E-state index in [1.54, 1.807) is 6.07 Å². The highest BCUT2D eigenvalue weighted by Gasteiger charge is 2.32. The van der Waals surface area contributed by atoms with Crippen LogP contribution in [0.3, 0.4) is 0 Å². The number of nitrogens with one attached hydrogen (secondary N) is 1. The van der Waals surface area contributed by atoms with Gasteiger partial charge in [0.15, 0.2) is 5.58 Å². The third-order valence-electron chi connectivity index (χ3n) is 9.16. The van der Waals surface area contributed by atoms with Gasteiger partial charge in [0.05, 0.1) is 15.7 Å². The molecule has 224 valence electrons. The minimum Gasteiger partial charge on any atom is -0.423 e. The number of aromatic nitrogens is 4. The van der Waals surface area contributed by atoms with Crippen molar-refractivity contribution in [3.05, 3.63) is 58.2 Å². The van der Waals surface area contributed by atoms with Crippen LogP contribution < -0.4 is 11.1 Å². The molecular weight excluding hydrogens is 611 g/mol. The SMILES string of the molecule is Cc1cc(C)c2oc(Nc3ccc(-c4c(Br)n([C@H]5CC[C@@H](N6CCN(C)CC6)CC5)c5ncnc(N)c45)cc3F)nc2c1. The number of halogens is 2. The quantitative estimate of drug-likeness (QED) is 0.215. The van der Waals surface area contributed by atoms with Crippen LogP contribution in [0.15, 0.2) is 45.7 Å². The number of anilines is 3. The molecule has 0 spiro atoms. The Morgan fingerprint density at radius 3 is 2.49 bits per heavy atom.